The minimum absolute atomic E-state index is 0.302. The fourth-order valence-electron chi connectivity index (χ4n) is 8.98. The Morgan fingerprint density at radius 1 is 0.673 bits per heavy atom. The summed E-state index contributed by atoms with van der Waals surface area (Å²) in [5.41, 5.74) is 2.55. The molecule has 0 saturated heterocycles. The van der Waals surface area contributed by atoms with Crippen LogP contribution in [0.3, 0.4) is 0 Å². The van der Waals surface area contributed by atoms with E-state index in [0.717, 1.165) is 74.3 Å². The van der Waals surface area contributed by atoms with Gasteiger partial charge < -0.3 is 18.7 Å². The van der Waals surface area contributed by atoms with E-state index in [-0.39, 0.29) is 11.3 Å². The van der Waals surface area contributed by atoms with Gasteiger partial charge in [-0.05, 0) is 99.1 Å². The molecule has 0 aliphatic heterocycles. The van der Waals surface area contributed by atoms with Crippen LogP contribution in [0.15, 0.2) is 54.8 Å². The number of fused-ring (bicyclic) bond motifs is 6. The predicted octanol–water partition coefficient (Wildman–Crippen LogP) is 10.6. The van der Waals surface area contributed by atoms with Gasteiger partial charge in [0, 0.05) is 16.5 Å². The number of esters is 1. The molecule has 4 aromatic rings. The van der Waals surface area contributed by atoms with Crippen LogP contribution in [0.25, 0.3) is 21.9 Å². The number of benzene rings is 2. The maximum Gasteiger partial charge on any atom is 0.339 e. The second-order valence-electron chi connectivity index (χ2n) is 15.4. The van der Waals surface area contributed by atoms with Gasteiger partial charge in [-0.1, -0.05) is 109 Å². The number of carbonyl (C=O) groups excluding carboxylic acids is 1. The number of aryl methyl sites for hydroxylation is 2. The molecule has 2 unspecified atom stereocenters. The minimum Gasteiger partial charge on any atom is -0.425 e. The van der Waals surface area contributed by atoms with Crippen molar-refractivity contribution in [3.05, 3.63) is 85.1 Å². The Labute approximate surface area is 308 Å². The largest absolute Gasteiger partial charge is 0.425 e. The lowest BCUT2D eigenvalue weighted by Crippen LogP contribution is -2.42. The number of rotatable bonds is 18. The van der Waals surface area contributed by atoms with Crippen LogP contribution in [-0.2, 0) is 36.1 Å². The molecule has 280 valence electrons. The lowest BCUT2D eigenvalue weighted by Gasteiger charge is -2.37. The number of hydrogen-bond donors (Lipinski definition) is 1. The van der Waals surface area contributed by atoms with Crippen molar-refractivity contribution in [2.24, 2.45) is 5.92 Å². The summed E-state index contributed by atoms with van der Waals surface area (Å²) in [6.45, 7) is 4.27. The fourth-order valence-corrected chi connectivity index (χ4v) is 8.98. The lowest BCUT2D eigenvalue weighted by atomic mass is 9.73. The second-order valence-corrected chi connectivity index (χ2v) is 15.4. The Hall–Kier alpha value is -3.71. The second kappa shape index (κ2) is 17.9. The first-order chi connectivity index (χ1) is 25.4. The van der Waals surface area contributed by atoms with Crippen LogP contribution in [0.5, 0.6) is 5.75 Å². The number of aliphatic hydroxyl groups is 1. The van der Waals surface area contributed by atoms with E-state index in [9.17, 15) is 19.5 Å². The molecular formula is C45H58O7. The van der Waals surface area contributed by atoms with E-state index in [1.54, 1.807) is 24.3 Å². The molecular weight excluding hydrogens is 652 g/mol. The van der Waals surface area contributed by atoms with Crippen molar-refractivity contribution in [3.8, 4) is 5.75 Å². The molecule has 1 N–H and O–H groups in total. The SMILES string of the molecule is CCCCCCCCCCCCCC(O)(c1cccc2oc(=O)c3c(c12)CCCC3)C(CCC)C(=O)Oc1cccc2oc(=O)c3c(c12)CCCC3. The summed E-state index contributed by atoms with van der Waals surface area (Å²) >= 11 is 0. The molecule has 0 bridgehead atoms. The Bertz CT molecular complexity index is 1950. The smallest absolute Gasteiger partial charge is 0.339 e. The first kappa shape index (κ1) is 38.0. The third-order valence-electron chi connectivity index (χ3n) is 11.7. The first-order valence-corrected chi connectivity index (χ1v) is 20.5. The maximum absolute atomic E-state index is 14.6. The summed E-state index contributed by atoms with van der Waals surface area (Å²) < 4.78 is 18.0. The van der Waals surface area contributed by atoms with Crippen molar-refractivity contribution in [1.82, 2.24) is 0 Å². The van der Waals surface area contributed by atoms with E-state index in [0.29, 0.717) is 71.1 Å². The third kappa shape index (κ3) is 8.25. The van der Waals surface area contributed by atoms with Crippen molar-refractivity contribution in [1.29, 1.82) is 0 Å². The van der Waals surface area contributed by atoms with Crippen LogP contribution in [0, 0.1) is 5.92 Å². The Morgan fingerprint density at radius 3 is 1.75 bits per heavy atom. The highest BCUT2D eigenvalue weighted by molar-refractivity contribution is 5.92. The Kier molecular flexibility index (Phi) is 13.1. The normalized spacial score (nSPS) is 16.0. The third-order valence-corrected chi connectivity index (χ3v) is 11.7. The zero-order valence-electron chi connectivity index (χ0n) is 31.5. The minimum atomic E-state index is -1.56. The first-order valence-electron chi connectivity index (χ1n) is 20.5. The average Bonchev–Trinajstić information content (AvgIpc) is 3.16. The van der Waals surface area contributed by atoms with Gasteiger partial charge in [0.2, 0.25) is 0 Å². The van der Waals surface area contributed by atoms with Crippen molar-refractivity contribution in [2.75, 3.05) is 0 Å². The molecule has 2 aromatic heterocycles. The molecule has 2 aliphatic rings. The predicted molar refractivity (Wildman–Crippen MR) is 207 cm³/mol. The molecule has 2 aromatic carbocycles. The van der Waals surface area contributed by atoms with Gasteiger partial charge >= 0.3 is 17.2 Å². The zero-order valence-corrected chi connectivity index (χ0v) is 31.5. The van der Waals surface area contributed by atoms with Crippen LogP contribution < -0.4 is 16.0 Å². The summed E-state index contributed by atoms with van der Waals surface area (Å²) in [5.74, 6) is -1.01. The van der Waals surface area contributed by atoms with Gasteiger partial charge in [-0.2, -0.15) is 0 Å². The summed E-state index contributed by atoms with van der Waals surface area (Å²) in [6, 6.07) is 10.8. The molecule has 0 spiro atoms. The maximum atomic E-state index is 14.6. The summed E-state index contributed by atoms with van der Waals surface area (Å²) in [6.07, 6.45) is 21.0. The van der Waals surface area contributed by atoms with E-state index in [1.165, 1.54) is 51.4 Å². The number of ether oxygens (including phenoxy) is 1. The summed E-state index contributed by atoms with van der Waals surface area (Å²) in [7, 11) is 0. The van der Waals surface area contributed by atoms with Crippen LogP contribution >= 0.6 is 0 Å². The van der Waals surface area contributed by atoms with E-state index in [4.69, 9.17) is 13.6 Å². The molecule has 0 saturated carbocycles. The van der Waals surface area contributed by atoms with Gasteiger partial charge in [0.25, 0.3) is 0 Å². The molecule has 6 rings (SSSR count). The van der Waals surface area contributed by atoms with Crippen LogP contribution in [0.4, 0.5) is 0 Å². The van der Waals surface area contributed by atoms with E-state index < -0.39 is 17.5 Å². The van der Waals surface area contributed by atoms with E-state index in [2.05, 4.69) is 6.92 Å². The molecule has 0 radical (unpaired) electrons. The van der Waals surface area contributed by atoms with Gasteiger partial charge in [0.05, 0.1) is 11.3 Å². The molecule has 2 aliphatic carbocycles. The highest BCUT2D eigenvalue weighted by atomic mass is 16.5. The fraction of sp³-hybridized carbons (Fsp3) is 0.578. The standard InChI is InChI=1S/C45H58O7/c1-3-5-6-7-8-9-10-11-12-13-18-30-45(49,35-26-19-27-37-40(35)31-22-14-16-24-33(31)42(46)50-37)36(21-4-2)44(48)52-39-29-20-28-38-41(39)32-23-15-17-25-34(32)43(47)51-38/h19-20,26-29,36,49H,3-18,21-25,30H2,1-2H3. The number of hydrogen-bond acceptors (Lipinski definition) is 7. The highest BCUT2D eigenvalue weighted by Gasteiger charge is 2.45. The van der Waals surface area contributed by atoms with Crippen LogP contribution in [0.1, 0.15) is 157 Å². The topological polar surface area (TPSA) is 107 Å². The highest BCUT2D eigenvalue weighted by Crippen LogP contribution is 2.44. The van der Waals surface area contributed by atoms with E-state index in [1.807, 2.05) is 19.1 Å². The zero-order chi connectivity index (χ0) is 36.5. The monoisotopic (exact) mass is 710 g/mol. The van der Waals surface area contributed by atoms with Gasteiger partial charge in [-0.15, -0.1) is 0 Å². The lowest BCUT2D eigenvalue weighted by molar-refractivity contribution is -0.151. The van der Waals surface area contributed by atoms with Crippen molar-refractivity contribution in [3.63, 3.8) is 0 Å². The van der Waals surface area contributed by atoms with Crippen molar-refractivity contribution < 1.29 is 23.5 Å². The van der Waals surface area contributed by atoms with Crippen molar-refractivity contribution >= 4 is 27.9 Å². The van der Waals surface area contributed by atoms with Gasteiger partial charge in [0.1, 0.15) is 22.5 Å². The van der Waals surface area contributed by atoms with Crippen molar-refractivity contribution in [2.45, 2.75) is 161 Å². The number of unbranched alkanes of at least 4 members (excludes halogenated alkanes) is 10. The summed E-state index contributed by atoms with van der Waals surface area (Å²) in [4.78, 5) is 40.5. The van der Waals surface area contributed by atoms with Gasteiger partial charge in [-0.3, -0.25) is 4.79 Å². The molecule has 7 nitrogen and oxygen atoms in total. The Morgan fingerprint density at radius 2 is 1.17 bits per heavy atom. The molecule has 0 amide bonds. The van der Waals surface area contributed by atoms with Gasteiger partial charge in [-0.25, -0.2) is 9.59 Å². The average molecular weight is 711 g/mol. The number of carbonyl (C=O) groups is 1. The molecule has 52 heavy (non-hydrogen) atoms. The molecule has 7 heteroatoms. The Balaban J connectivity index is 1.33. The van der Waals surface area contributed by atoms with E-state index >= 15 is 0 Å². The van der Waals surface area contributed by atoms with Crippen LogP contribution in [0.2, 0.25) is 0 Å². The van der Waals surface area contributed by atoms with Crippen LogP contribution in [-0.4, -0.2) is 11.1 Å². The quantitative estimate of drug-likeness (QED) is 0.0474. The molecule has 2 atom stereocenters. The van der Waals surface area contributed by atoms with Gasteiger partial charge in [0.15, 0.2) is 0 Å². The molecule has 2 heterocycles. The molecule has 0 fully saturated rings. The summed E-state index contributed by atoms with van der Waals surface area (Å²) in [5, 5.41) is 14.6.